The van der Waals surface area contributed by atoms with E-state index in [9.17, 15) is 4.79 Å². The van der Waals surface area contributed by atoms with E-state index in [-0.39, 0.29) is 0 Å². The number of hydrogen-bond donors (Lipinski definition) is 1. The van der Waals surface area contributed by atoms with Crippen molar-refractivity contribution in [2.75, 3.05) is 0 Å². The van der Waals surface area contributed by atoms with Gasteiger partial charge in [-0.25, -0.2) is 0 Å². The molecule has 0 fully saturated rings. The summed E-state index contributed by atoms with van der Waals surface area (Å²) in [5, 5.41) is 7.91. The number of carboxylic acids is 1. The molecule has 1 N–H and O–H groups in total. The molecule has 76 valence electrons. The van der Waals surface area contributed by atoms with Crippen LogP contribution in [0.1, 0.15) is 25.3 Å². The summed E-state index contributed by atoms with van der Waals surface area (Å²) in [4.78, 5) is 9.60. The van der Waals surface area contributed by atoms with Gasteiger partial charge in [0, 0.05) is 6.42 Å². The van der Waals surface area contributed by atoms with E-state index in [1.54, 1.807) is 0 Å². The molecule has 0 spiro atoms. The Balaban J connectivity index is 0.000000255. The second kappa shape index (κ2) is 8.05. The Morgan fingerprint density at radius 1 is 1.43 bits per heavy atom. The van der Waals surface area contributed by atoms with Crippen LogP contribution in [-0.2, 0) is 4.79 Å². The molecule has 0 atom stereocenters. The molecule has 1 aromatic rings. The molecule has 0 aliphatic heterocycles. The van der Waals surface area contributed by atoms with Gasteiger partial charge in [0.05, 0.1) is 0 Å². The highest BCUT2D eigenvalue weighted by molar-refractivity contribution is 5.66. The summed E-state index contributed by atoms with van der Waals surface area (Å²) in [6, 6.07) is 10.0. The van der Waals surface area contributed by atoms with Crippen molar-refractivity contribution in [3.63, 3.8) is 0 Å². The van der Waals surface area contributed by atoms with Gasteiger partial charge in [0.15, 0.2) is 0 Å². The first-order valence-electron chi connectivity index (χ1n) is 4.60. The summed E-state index contributed by atoms with van der Waals surface area (Å²) < 4.78 is 0. The SMILES string of the molecule is C=Cc1ccccc1.CCCC(=O)O. The van der Waals surface area contributed by atoms with Crippen molar-refractivity contribution in [3.05, 3.63) is 42.5 Å². The summed E-state index contributed by atoms with van der Waals surface area (Å²) in [5.41, 5.74) is 1.17. The van der Waals surface area contributed by atoms with Gasteiger partial charge in [-0.3, -0.25) is 4.79 Å². The van der Waals surface area contributed by atoms with E-state index in [1.807, 2.05) is 43.3 Å². The Labute approximate surface area is 84.9 Å². The molecule has 0 saturated heterocycles. The van der Waals surface area contributed by atoms with Crippen molar-refractivity contribution in [3.8, 4) is 0 Å². The Hall–Kier alpha value is -1.57. The van der Waals surface area contributed by atoms with Crippen LogP contribution in [0.4, 0.5) is 0 Å². The lowest BCUT2D eigenvalue weighted by atomic mass is 10.2. The van der Waals surface area contributed by atoms with Crippen LogP contribution >= 0.6 is 0 Å². The molecule has 0 aromatic heterocycles. The van der Waals surface area contributed by atoms with E-state index in [1.165, 1.54) is 5.56 Å². The van der Waals surface area contributed by atoms with Crippen molar-refractivity contribution in [1.82, 2.24) is 0 Å². The highest BCUT2D eigenvalue weighted by Gasteiger charge is 1.87. The van der Waals surface area contributed by atoms with Crippen LogP contribution in [0.15, 0.2) is 36.9 Å². The third kappa shape index (κ3) is 7.10. The minimum Gasteiger partial charge on any atom is -0.481 e. The third-order valence-corrected chi connectivity index (χ3v) is 1.50. The average Bonchev–Trinajstić information content (AvgIpc) is 2.20. The molecule has 14 heavy (non-hydrogen) atoms. The minimum absolute atomic E-state index is 0.292. The number of rotatable bonds is 3. The lowest BCUT2D eigenvalue weighted by Crippen LogP contribution is -1.90. The first kappa shape index (κ1) is 12.4. The fraction of sp³-hybridized carbons (Fsp3) is 0.250. The molecule has 0 aliphatic rings. The fourth-order valence-electron chi connectivity index (χ4n) is 0.803. The van der Waals surface area contributed by atoms with Gasteiger partial charge in [0.1, 0.15) is 0 Å². The maximum Gasteiger partial charge on any atom is 0.303 e. The molecule has 0 unspecified atom stereocenters. The van der Waals surface area contributed by atoms with Crippen LogP contribution in [0.2, 0.25) is 0 Å². The first-order chi connectivity index (χ1) is 6.70. The summed E-state index contributed by atoms with van der Waals surface area (Å²) in [6.45, 7) is 5.47. The van der Waals surface area contributed by atoms with Crippen molar-refractivity contribution < 1.29 is 9.90 Å². The number of hydrogen-bond acceptors (Lipinski definition) is 1. The van der Waals surface area contributed by atoms with Gasteiger partial charge in [-0.1, -0.05) is 49.9 Å². The van der Waals surface area contributed by atoms with Crippen LogP contribution in [0.25, 0.3) is 6.08 Å². The van der Waals surface area contributed by atoms with E-state index < -0.39 is 5.97 Å². The van der Waals surface area contributed by atoms with E-state index in [4.69, 9.17) is 5.11 Å². The molecule has 1 aromatic carbocycles. The van der Waals surface area contributed by atoms with Crippen molar-refractivity contribution in [1.29, 1.82) is 0 Å². The molecule has 0 radical (unpaired) electrons. The summed E-state index contributed by atoms with van der Waals surface area (Å²) in [5.74, 6) is -0.711. The number of benzene rings is 1. The fourth-order valence-corrected chi connectivity index (χ4v) is 0.803. The summed E-state index contributed by atoms with van der Waals surface area (Å²) in [7, 11) is 0. The maximum atomic E-state index is 9.60. The van der Waals surface area contributed by atoms with Gasteiger partial charge >= 0.3 is 5.97 Å². The van der Waals surface area contributed by atoms with E-state index in [0.29, 0.717) is 6.42 Å². The topological polar surface area (TPSA) is 37.3 Å². The van der Waals surface area contributed by atoms with Crippen LogP contribution in [0.3, 0.4) is 0 Å². The number of carbonyl (C=O) groups is 1. The first-order valence-corrected chi connectivity index (χ1v) is 4.60. The average molecular weight is 192 g/mol. The van der Waals surface area contributed by atoms with E-state index >= 15 is 0 Å². The van der Waals surface area contributed by atoms with Crippen LogP contribution in [0.5, 0.6) is 0 Å². The van der Waals surface area contributed by atoms with E-state index in [0.717, 1.165) is 6.42 Å². The second-order valence-corrected chi connectivity index (χ2v) is 2.76. The van der Waals surface area contributed by atoms with Gasteiger partial charge in [-0.2, -0.15) is 0 Å². The monoisotopic (exact) mass is 192 g/mol. The largest absolute Gasteiger partial charge is 0.481 e. The van der Waals surface area contributed by atoms with Gasteiger partial charge in [0.25, 0.3) is 0 Å². The van der Waals surface area contributed by atoms with Crippen molar-refractivity contribution in [2.24, 2.45) is 0 Å². The highest BCUT2D eigenvalue weighted by Crippen LogP contribution is 1.97. The normalized spacial score (nSPS) is 8.36. The molecular weight excluding hydrogens is 176 g/mol. The third-order valence-electron chi connectivity index (χ3n) is 1.50. The van der Waals surface area contributed by atoms with Crippen molar-refractivity contribution in [2.45, 2.75) is 19.8 Å². The Bertz CT molecular complexity index is 265. The second-order valence-electron chi connectivity index (χ2n) is 2.76. The smallest absolute Gasteiger partial charge is 0.303 e. The van der Waals surface area contributed by atoms with Gasteiger partial charge in [-0.15, -0.1) is 0 Å². The predicted octanol–water partition coefficient (Wildman–Crippen LogP) is 3.20. The molecule has 0 bridgehead atoms. The summed E-state index contributed by atoms with van der Waals surface area (Å²) >= 11 is 0. The molecule has 2 nitrogen and oxygen atoms in total. The molecule has 0 amide bonds. The summed E-state index contributed by atoms with van der Waals surface area (Å²) in [6.07, 6.45) is 2.86. The molecule has 0 aliphatic carbocycles. The van der Waals surface area contributed by atoms with Crippen LogP contribution in [0, 0.1) is 0 Å². The minimum atomic E-state index is -0.711. The molecule has 1 rings (SSSR count). The number of aliphatic carboxylic acids is 1. The van der Waals surface area contributed by atoms with E-state index in [2.05, 4.69) is 6.58 Å². The van der Waals surface area contributed by atoms with Gasteiger partial charge in [-0.05, 0) is 12.0 Å². The standard InChI is InChI=1S/C8H8.C4H8O2/c1-2-8-6-4-3-5-7-8;1-2-3-4(5)6/h2-7H,1H2;2-3H2,1H3,(H,5,6). The Kier molecular flexibility index (Phi) is 7.15. The maximum absolute atomic E-state index is 9.60. The van der Waals surface area contributed by atoms with Crippen LogP contribution in [-0.4, -0.2) is 11.1 Å². The zero-order chi connectivity index (χ0) is 10.8. The Morgan fingerprint density at radius 2 is 2.00 bits per heavy atom. The van der Waals surface area contributed by atoms with Crippen LogP contribution < -0.4 is 0 Å². The number of carboxylic acid groups (broad SMARTS) is 1. The molecule has 2 heteroatoms. The molecule has 0 saturated carbocycles. The quantitative estimate of drug-likeness (QED) is 0.798. The van der Waals surface area contributed by atoms with Gasteiger partial charge in [0.2, 0.25) is 0 Å². The molecular formula is C12H16O2. The highest BCUT2D eigenvalue weighted by atomic mass is 16.4. The van der Waals surface area contributed by atoms with Crippen molar-refractivity contribution >= 4 is 12.0 Å². The molecule has 0 heterocycles. The van der Waals surface area contributed by atoms with Gasteiger partial charge < -0.3 is 5.11 Å². The zero-order valence-electron chi connectivity index (χ0n) is 8.44. The zero-order valence-corrected chi connectivity index (χ0v) is 8.44. The Morgan fingerprint density at radius 3 is 2.21 bits per heavy atom. The lowest BCUT2D eigenvalue weighted by molar-refractivity contribution is -0.137. The predicted molar refractivity (Wildman–Crippen MR) is 59.1 cm³/mol. The lowest BCUT2D eigenvalue weighted by Gasteiger charge is -1.85.